The molecule has 5 nitrogen and oxygen atoms in total. The lowest BCUT2D eigenvalue weighted by atomic mass is 10.1. The van der Waals surface area contributed by atoms with Crippen molar-refractivity contribution in [3.8, 4) is 11.3 Å². The number of furan rings is 1. The molecule has 2 aromatic rings. The number of unbranched alkanes of at least 4 members (excludes halogenated alkanes) is 1. The highest BCUT2D eigenvalue weighted by molar-refractivity contribution is 5.92. The fourth-order valence-electron chi connectivity index (χ4n) is 2.21. The Morgan fingerprint density at radius 2 is 1.83 bits per heavy atom. The molecular weight excluding hydrogens is 294 g/mol. The number of rotatable bonds is 8. The number of carbonyl (C=O) groups excluding carboxylic acids is 1. The van der Waals surface area contributed by atoms with Crippen molar-refractivity contribution in [1.29, 1.82) is 0 Å². The van der Waals surface area contributed by atoms with Gasteiger partial charge < -0.3 is 14.8 Å². The Balaban J connectivity index is 1.87. The van der Waals surface area contributed by atoms with Gasteiger partial charge in [0.2, 0.25) is 0 Å². The predicted octanol–water partition coefficient (Wildman–Crippen LogP) is 3.49. The standard InChI is InChI=1S/C18H21NO4/c1-2-13-6-8-14(9-7-13)15-10-11-16(23-15)18(22)19-12-4-3-5-17(20)21/h6-11H,2-5,12H2,1H3,(H,19,22)(H,20,21). The first-order chi connectivity index (χ1) is 11.1. The van der Waals surface area contributed by atoms with Gasteiger partial charge in [0.1, 0.15) is 5.76 Å². The van der Waals surface area contributed by atoms with E-state index in [9.17, 15) is 9.59 Å². The smallest absolute Gasteiger partial charge is 0.303 e. The van der Waals surface area contributed by atoms with Crippen LogP contribution in [0.5, 0.6) is 0 Å². The van der Waals surface area contributed by atoms with E-state index in [0.717, 1.165) is 12.0 Å². The highest BCUT2D eigenvalue weighted by Crippen LogP contribution is 2.22. The van der Waals surface area contributed by atoms with E-state index in [1.807, 2.05) is 24.3 Å². The van der Waals surface area contributed by atoms with Gasteiger partial charge in [-0.3, -0.25) is 9.59 Å². The molecule has 2 rings (SSSR count). The summed E-state index contributed by atoms with van der Waals surface area (Å²) < 4.78 is 5.59. The Morgan fingerprint density at radius 3 is 2.48 bits per heavy atom. The first-order valence-corrected chi connectivity index (χ1v) is 7.79. The van der Waals surface area contributed by atoms with Gasteiger partial charge in [-0.15, -0.1) is 0 Å². The second-order valence-electron chi connectivity index (χ2n) is 5.32. The van der Waals surface area contributed by atoms with Gasteiger partial charge >= 0.3 is 5.97 Å². The van der Waals surface area contributed by atoms with Crippen molar-refractivity contribution in [3.05, 3.63) is 47.7 Å². The average Bonchev–Trinajstić information content (AvgIpc) is 3.04. The summed E-state index contributed by atoms with van der Waals surface area (Å²) in [7, 11) is 0. The number of carboxylic acid groups (broad SMARTS) is 1. The van der Waals surface area contributed by atoms with Gasteiger partial charge in [-0.1, -0.05) is 31.2 Å². The van der Waals surface area contributed by atoms with Crippen molar-refractivity contribution in [3.63, 3.8) is 0 Å². The lowest BCUT2D eigenvalue weighted by molar-refractivity contribution is -0.137. The van der Waals surface area contributed by atoms with Crippen molar-refractivity contribution >= 4 is 11.9 Å². The maximum Gasteiger partial charge on any atom is 0.303 e. The molecule has 0 aliphatic heterocycles. The number of aliphatic carboxylic acids is 1. The zero-order valence-corrected chi connectivity index (χ0v) is 13.2. The van der Waals surface area contributed by atoms with Crippen LogP contribution in [-0.2, 0) is 11.2 Å². The van der Waals surface area contributed by atoms with Crippen LogP contribution in [0, 0.1) is 0 Å². The molecule has 1 heterocycles. The Hall–Kier alpha value is -2.56. The number of amides is 1. The molecule has 0 radical (unpaired) electrons. The van der Waals surface area contributed by atoms with Crippen molar-refractivity contribution < 1.29 is 19.1 Å². The Labute approximate surface area is 135 Å². The largest absolute Gasteiger partial charge is 0.481 e. The second-order valence-corrected chi connectivity index (χ2v) is 5.32. The molecule has 2 N–H and O–H groups in total. The van der Waals surface area contributed by atoms with Crippen LogP contribution in [-0.4, -0.2) is 23.5 Å². The second kappa shape index (κ2) is 8.17. The quantitative estimate of drug-likeness (QED) is 0.731. The third-order valence-corrected chi connectivity index (χ3v) is 3.58. The van der Waals surface area contributed by atoms with E-state index in [1.54, 1.807) is 12.1 Å². The molecule has 0 aliphatic rings. The summed E-state index contributed by atoms with van der Waals surface area (Å²) in [5, 5.41) is 11.3. The van der Waals surface area contributed by atoms with E-state index in [0.29, 0.717) is 25.1 Å². The third-order valence-electron chi connectivity index (χ3n) is 3.58. The molecule has 0 bridgehead atoms. The Morgan fingerprint density at radius 1 is 1.09 bits per heavy atom. The maximum atomic E-state index is 12.0. The van der Waals surface area contributed by atoms with E-state index in [-0.39, 0.29) is 18.1 Å². The number of benzene rings is 1. The van der Waals surface area contributed by atoms with Gasteiger partial charge in [-0.2, -0.15) is 0 Å². The first kappa shape index (κ1) is 16.8. The molecular formula is C18H21NO4. The number of carboxylic acids is 1. The summed E-state index contributed by atoms with van der Waals surface area (Å²) in [6, 6.07) is 11.5. The minimum atomic E-state index is -0.818. The maximum absolute atomic E-state index is 12.0. The molecule has 0 spiro atoms. The number of aryl methyl sites for hydroxylation is 1. The molecule has 0 fully saturated rings. The highest BCUT2D eigenvalue weighted by Gasteiger charge is 2.11. The highest BCUT2D eigenvalue weighted by atomic mass is 16.4. The minimum absolute atomic E-state index is 0.120. The van der Waals surface area contributed by atoms with Crippen LogP contribution >= 0.6 is 0 Å². The van der Waals surface area contributed by atoms with Crippen molar-refractivity contribution in [1.82, 2.24) is 5.32 Å². The van der Waals surface area contributed by atoms with Crippen LogP contribution in [0.3, 0.4) is 0 Å². The van der Waals surface area contributed by atoms with Crippen LogP contribution in [0.4, 0.5) is 0 Å². The summed E-state index contributed by atoms with van der Waals surface area (Å²) in [6.45, 7) is 2.54. The van der Waals surface area contributed by atoms with E-state index in [1.165, 1.54) is 5.56 Å². The Bertz CT molecular complexity index is 658. The van der Waals surface area contributed by atoms with E-state index in [2.05, 4.69) is 12.2 Å². The summed E-state index contributed by atoms with van der Waals surface area (Å²) in [5.74, 6) is -0.181. The van der Waals surface area contributed by atoms with Gasteiger partial charge in [0.15, 0.2) is 5.76 Å². The summed E-state index contributed by atoms with van der Waals surface area (Å²) in [6.07, 6.45) is 2.27. The monoisotopic (exact) mass is 315 g/mol. The third kappa shape index (κ3) is 4.98. The molecule has 0 unspecified atom stereocenters. The summed E-state index contributed by atoms with van der Waals surface area (Å²) in [4.78, 5) is 22.4. The topological polar surface area (TPSA) is 79.5 Å². The van der Waals surface area contributed by atoms with E-state index in [4.69, 9.17) is 9.52 Å². The number of carbonyl (C=O) groups is 2. The van der Waals surface area contributed by atoms with Crippen LogP contribution in [0.25, 0.3) is 11.3 Å². The Kier molecular flexibility index (Phi) is 5.97. The van der Waals surface area contributed by atoms with Crippen molar-refractivity contribution in [2.24, 2.45) is 0 Å². The van der Waals surface area contributed by atoms with Crippen LogP contribution < -0.4 is 5.32 Å². The van der Waals surface area contributed by atoms with Crippen LogP contribution in [0.1, 0.15) is 42.3 Å². The molecule has 0 saturated heterocycles. The zero-order valence-electron chi connectivity index (χ0n) is 13.2. The lowest BCUT2D eigenvalue weighted by Gasteiger charge is -2.02. The minimum Gasteiger partial charge on any atom is -0.481 e. The molecule has 1 amide bonds. The van der Waals surface area contributed by atoms with Gasteiger partial charge in [0.05, 0.1) is 0 Å². The fourth-order valence-corrected chi connectivity index (χ4v) is 2.21. The summed E-state index contributed by atoms with van der Waals surface area (Å²) >= 11 is 0. The molecule has 0 aliphatic carbocycles. The molecule has 122 valence electrons. The number of hydrogen-bond donors (Lipinski definition) is 2. The lowest BCUT2D eigenvalue weighted by Crippen LogP contribution is -2.24. The molecule has 0 saturated carbocycles. The first-order valence-electron chi connectivity index (χ1n) is 7.79. The fraction of sp³-hybridized carbons (Fsp3) is 0.333. The van der Waals surface area contributed by atoms with Gasteiger partial charge in [-0.05, 0) is 37.0 Å². The number of hydrogen-bond acceptors (Lipinski definition) is 3. The number of nitrogens with one attached hydrogen (secondary N) is 1. The predicted molar refractivity (Wildman–Crippen MR) is 87.3 cm³/mol. The van der Waals surface area contributed by atoms with Gasteiger partial charge in [0.25, 0.3) is 5.91 Å². The molecule has 1 aromatic heterocycles. The van der Waals surface area contributed by atoms with Gasteiger partial charge in [0, 0.05) is 18.5 Å². The molecule has 0 atom stereocenters. The molecule has 23 heavy (non-hydrogen) atoms. The SMILES string of the molecule is CCc1ccc(-c2ccc(C(=O)NCCCCC(=O)O)o2)cc1. The van der Waals surface area contributed by atoms with Crippen molar-refractivity contribution in [2.45, 2.75) is 32.6 Å². The molecule has 5 heteroatoms. The van der Waals surface area contributed by atoms with E-state index >= 15 is 0 Å². The van der Waals surface area contributed by atoms with Gasteiger partial charge in [-0.25, -0.2) is 0 Å². The zero-order chi connectivity index (χ0) is 16.7. The normalized spacial score (nSPS) is 10.5. The van der Waals surface area contributed by atoms with Crippen LogP contribution in [0.15, 0.2) is 40.8 Å². The molecule has 1 aromatic carbocycles. The van der Waals surface area contributed by atoms with Crippen LogP contribution in [0.2, 0.25) is 0 Å². The van der Waals surface area contributed by atoms with Crippen molar-refractivity contribution in [2.75, 3.05) is 6.54 Å². The summed E-state index contributed by atoms with van der Waals surface area (Å²) in [5.41, 5.74) is 2.18. The average molecular weight is 315 g/mol. The van der Waals surface area contributed by atoms with E-state index < -0.39 is 5.97 Å².